The summed E-state index contributed by atoms with van der Waals surface area (Å²) in [5, 5.41) is 15.3. The second-order valence-corrected chi connectivity index (χ2v) is 4.62. The highest BCUT2D eigenvalue weighted by atomic mass is 19.4. The van der Waals surface area contributed by atoms with Gasteiger partial charge in [0, 0.05) is 11.1 Å². The van der Waals surface area contributed by atoms with Crippen LogP contribution in [0, 0.1) is 0 Å². The molecule has 2 aromatic rings. The van der Waals surface area contributed by atoms with Crippen molar-refractivity contribution in [1.82, 2.24) is 5.43 Å². The van der Waals surface area contributed by atoms with E-state index in [4.69, 9.17) is 5.21 Å². The van der Waals surface area contributed by atoms with E-state index in [0.29, 0.717) is 5.56 Å². The number of benzene rings is 2. The topological polar surface area (TPSA) is 74.0 Å². The summed E-state index contributed by atoms with van der Waals surface area (Å²) in [7, 11) is 0. The molecule has 1 amide bonds. The third-order valence-electron chi connectivity index (χ3n) is 3.00. The second kappa shape index (κ2) is 7.40. The van der Waals surface area contributed by atoms with Crippen molar-refractivity contribution in [3.8, 4) is 0 Å². The standard InChI is InChI=1S/C16H12F3N3O2/c17-16(18,19)13-8-6-12(7-9-13)15(23)22-21-14(10-20-24)11-4-2-1-3-5-11/h1-10,24H,(H,22,23)/b20-10+,21-14+. The molecule has 0 aliphatic rings. The van der Waals surface area contributed by atoms with Crippen molar-refractivity contribution in [2.45, 2.75) is 6.18 Å². The Kier molecular flexibility index (Phi) is 5.31. The van der Waals surface area contributed by atoms with Crippen LogP contribution in [0.1, 0.15) is 21.5 Å². The van der Waals surface area contributed by atoms with Crippen molar-refractivity contribution in [2.75, 3.05) is 0 Å². The molecule has 0 aliphatic heterocycles. The van der Waals surface area contributed by atoms with Crippen LogP contribution in [0.4, 0.5) is 13.2 Å². The minimum atomic E-state index is -4.47. The van der Waals surface area contributed by atoms with Gasteiger partial charge in [0.15, 0.2) is 0 Å². The molecular formula is C16H12F3N3O2. The number of alkyl halides is 3. The first-order chi connectivity index (χ1) is 11.4. The van der Waals surface area contributed by atoms with Gasteiger partial charge in [0.2, 0.25) is 0 Å². The molecule has 24 heavy (non-hydrogen) atoms. The third kappa shape index (κ3) is 4.42. The van der Waals surface area contributed by atoms with Crippen LogP contribution in [0.2, 0.25) is 0 Å². The van der Waals surface area contributed by atoms with Crippen molar-refractivity contribution >= 4 is 17.8 Å². The van der Waals surface area contributed by atoms with Gasteiger partial charge in [-0.1, -0.05) is 35.5 Å². The highest BCUT2D eigenvalue weighted by molar-refractivity contribution is 6.38. The maximum absolute atomic E-state index is 12.5. The van der Waals surface area contributed by atoms with Crippen molar-refractivity contribution in [3.63, 3.8) is 0 Å². The van der Waals surface area contributed by atoms with Crippen LogP contribution in [0.15, 0.2) is 64.9 Å². The summed E-state index contributed by atoms with van der Waals surface area (Å²) in [6.45, 7) is 0. The lowest BCUT2D eigenvalue weighted by molar-refractivity contribution is -0.137. The number of nitrogens with one attached hydrogen (secondary N) is 1. The van der Waals surface area contributed by atoms with E-state index in [1.54, 1.807) is 30.3 Å². The van der Waals surface area contributed by atoms with Crippen molar-refractivity contribution in [2.24, 2.45) is 10.3 Å². The van der Waals surface area contributed by atoms with Crippen LogP contribution in [0.25, 0.3) is 0 Å². The Morgan fingerprint density at radius 2 is 1.62 bits per heavy atom. The van der Waals surface area contributed by atoms with Crippen LogP contribution in [0.5, 0.6) is 0 Å². The molecule has 0 fully saturated rings. The largest absolute Gasteiger partial charge is 0.416 e. The van der Waals surface area contributed by atoms with E-state index in [1.165, 1.54) is 0 Å². The molecule has 0 unspecified atom stereocenters. The van der Waals surface area contributed by atoms with Gasteiger partial charge in [0.1, 0.15) is 5.71 Å². The smallest absolute Gasteiger partial charge is 0.411 e. The Hall–Kier alpha value is -3.16. The molecule has 0 saturated heterocycles. The molecule has 2 rings (SSSR count). The van der Waals surface area contributed by atoms with Gasteiger partial charge in [-0.25, -0.2) is 5.43 Å². The Labute approximate surface area is 135 Å². The average Bonchev–Trinajstić information content (AvgIpc) is 2.58. The van der Waals surface area contributed by atoms with E-state index in [-0.39, 0.29) is 11.3 Å². The Morgan fingerprint density at radius 3 is 2.17 bits per heavy atom. The minimum Gasteiger partial charge on any atom is -0.411 e. The number of hydrogen-bond donors (Lipinski definition) is 2. The molecule has 0 heterocycles. The third-order valence-corrected chi connectivity index (χ3v) is 3.00. The highest BCUT2D eigenvalue weighted by Gasteiger charge is 2.30. The maximum atomic E-state index is 12.5. The first-order valence-electron chi connectivity index (χ1n) is 6.70. The fourth-order valence-electron chi connectivity index (χ4n) is 1.82. The lowest BCUT2D eigenvalue weighted by Gasteiger charge is -2.07. The molecule has 0 saturated carbocycles. The predicted molar refractivity (Wildman–Crippen MR) is 82.2 cm³/mol. The van der Waals surface area contributed by atoms with Crippen LogP contribution < -0.4 is 5.43 Å². The Bertz CT molecular complexity index is 754. The fraction of sp³-hybridized carbons (Fsp3) is 0.0625. The van der Waals surface area contributed by atoms with Crippen LogP contribution in [-0.4, -0.2) is 23.0 Å². The van der Waals surface area contributed by atoms with Crippen molar-refractivity contribution in [3.05, 3.63) is 71.3 Å². The van der Waals surface area contributed by atoms with E-state index in [0.717, 1.165) is 30.5 Å². The van der Waals surface area contributed by atoms with Gasteiger partial charge < -0.3 is 5.21 Å². The molecule has 0 atom stereocenters. The van der Waals surface area contributed by atoms with Gasteiger partial charge in [-0.05, 0) is 24.3 Å². The Morgan fingerprint density at radius 1 is 1.00 bits per heavy atom. The minimum absolute atomic E-state index is 0.0140. The highest BCUT2D eigenvalue weighted by Crippen LogP contribution is 2.29. The number of amides is 1. The SMILES string of the molecule is O=C(N/N=C(\C=N\O)c1ccccc1)c1ccc(C(F)(F)F)cc1. The maximum Gasteiger partial charge on any atom is 0.416 e. The van der Waals surface area contributed by atoms with E-state index < -0.39 is 17.6 Å². The van der Waals surface area contributed by atoms with Crippen LogP contribution in [0.3, 0.4) is 0 Å². The van der Waals surface area contributed by atoms with Gasteiger partial charge in [-0.2, -0.15) is 18.3 Å². The first kappa shape index (κ1) is 17.2. The van der Waals surface area contributed by atoms with Crippen LogP contribution in [-0.2, 0) is 6.18 Å². The lowest BCUT2D eigenvalue weighted by atomic mass is 10.1. The second-order valence-electron chi connectivity index (χ2n) is 4.62. The lowest BCUT2D eigenvalue weighted by Crippen LogP contribution is -2.21. The molecule has 8 heteroatoms. The monoisotopic (exact) mass is 335 g/mol. The molecule has 2 aromatic carbocycles. The number of hydrogen-bond acceptors (Lipinski definition) is 4. The summed E-state index contributed by atoms with van der Waals surface area (Å²) >= 11 is 0. The van der Waals surface area contributed by atoms with Crippen molar-refractivity contribution in [1.29, 1.82) is 0 Å². The molecule has 0 radical (unpaired) electrons. The summed E-state index contributed by atoms with van der Waals surface area (Å²) in [5.41, 5.74) is 2.14. The average molecular weight is 335 g/mol. The van der Waals surface area contributed by atoms with Gasteiger partial charge in [0.05, 0.1) is 11.8 Å². The number of carbonyl (C=O) groups excluding carboxylic acids is 1. The zero-order valence-corrected chi connectivity index (χ0v) is 12.2. The number of rotatable bonds is 4. The summed E-state index contributed by atoms with van der Waals surface area (Å²) in [6, 6.07) is 12.3. The fourth-order valence-corrected chi connectivity index (χ4v) is 1.82. The molecular weight excluding hydrogens is 323 g/mol. The molecule has 5 nitrogen and oxygen atoms in total. The molecule has 2 N–H and O–H groups in total. The van der Waals surface area contributed by atoms with E-state index in [2.05, 4.69) is 15.7 Å². The van der Waals surface area contributed by atoms with Gasteiger partial charge in [0.25, 0.3) is 5.91 Å². The van der Waals surface area contributed by atoms with E-state index in [9.17, 15) is 18.0 Å². The number of oxime groups is 1. The summed E-state index contributed by atoms with van der Waals surface area (Å²) in [4.78, 5) is 11.9. The summed E-state index contributed by atoms with van der Waals surface area (Å²) in [6.07, 6.45) is -3.44. The number of hydrazone groups is 1. The molecule has 0 spiro atoms. The number of nitrogens with zero attached hydrogens (tertiary/aromatic N) is 2. The number of carbonyl (C=O) groups is 1. The molecule has 124 valence electrons. The van der Waals surface area contributed by atoms with Gasteiger partial charge >= 0.3 is 6.18 Å². The van der Waals surface area contributed by atoms with Gasteiger partial charge in [-0.3, -0.25) is 4.79 Å². The van der Waals surface area contributed by atoms with Crippen molar-refractivity contribution < 1.29 is 23.2 Å². The molecule has 0 aliphatic carbocycles. The zero-order valence-electron chi connectivity index (χ0n) is 12.2. The first-order valence-corrected chi connectivity index (χ1v) is 6.70. The van der Waals surface area contributed by atoms with Gasteiger partial charge in [-0.15, -0.1) is 0 Å². The zero-order chi connectivity index (χ0) is 17.6. The predicted octanol–water partition coefficient (Wildman–Crippen LogP) is 3.30. The van der Waals surface area contributed by atoms with E-state index in [1.807, 2.05) is 0 Å². The normalized spacial score (nSPS) is 12.4. The molecule has 0 bridgehead atoms. The van der Waals surface area contributed by atoms with Crippen LogP contribution >= 0.6 is 0 Å². The summed E-state index contributed by atoms with van der Waals surface area (Å²) < 4.78 is 37.5. The quantitative estimate of drug-likeness (QED) is 0.511. The van der Waals surface area contributed by atoms with E-state index >= 15 is 0 Å². The Balaban J connectivity index is 2.16. The summed E-state index contributed by atoms with van der Waals surface area (Å²) in [5.74, 6) is -0.691. The molecule has 0 aromatic heterocycles. The number of halogens is 3.